The van der Waals surface area contributed by atoms with Gasteiger partial charge in [0.15, 0.2) is 5.69 Å². The van der Waals surface area contributed by atoms with Crippen molar-refractivity contribution >= 4 is 17.6 Å². The third-order valence-corrected chi connectivity index (χ3v) is 1.95. The van der Waals surface area contributed by atoms with Gasteiger partial charge in [-0.15, -0.1) is 0 Å². The molecule has 5 nitrogen and oxygen atoms in total. The molecular formula is C6H6F3N3O2S. The van der Waals surface area contributed by atoms with Gasteiger partial charge in [-0.1, -0.05) is 0 Å². The van der Waals surface area contributed by atoms with Gasteiger partial charge in [0.2, 0.25) is 0 Å². The van der Waals surface area contributed by atoms with Crippen molar-refractivity contribution in [1.29, 1.82) is 0 Å². The van der Waals surface area contributed by atoms with Gasteiger partial charge in [0.25, 0.3) is 5.91 Å². The molecule has 1 heterocycles. The van der Waals surface area contributed by atoms with Crippen molar-refractivity contribution in [1.82, 2.24) is 14.1 Å². The maximum atomic E-state index is 12.1. The van der Waals surface area contributed by atoms with Crippen molar-refractivity contribution in [2.24, 2.45) is 0 Å². The molecule has 0 aliphatic carbocycles. The van der Waals surface area contributed by atoms with Gasteiger partial charge in [-0.2, -0.15) is 21.9 Å². The molecule has 0 bridgehead atoms. The molecule has 0 radical (unpaired) electrons. The van der Waals surface area contributed by atoms with E-state index >= 15 is 0 Å². The third-order valence-electron chi connectivity index (χ3n) is 1.48. The Labute approximate surface area is 86.3 Å². The molecule has 1 amide bonds. The second-order valence-electron chi connectivity index (χ2n) is 2.54. The molecule has 1 rings (SSSR count). The van der Waals surface area contributed by atoms with Crippen LogP contribution < -0.4 is 5.32 Å². The van der Waals surface area contributed by atoms with Crippen LogP contribution >= 0.6 is 11.7 Å². The highest BCUT2D eigenvalue weighted by molar-refractivity contribution is 6.99. The molecule has 2 N–H and O–H groups in total. The summed E-state index contributed by atoms with van der Waals surface area (Å²) in [7, 11) is 0. The lowest BCUT2D eigenvalue weighted by molar-refractivity contribution is -0.161. The zero-order valence-electron chi connectivity index (χ0n) is 7.15. The van der Waals surface area contributed by atoms with Crippen molar-refractivity contribution < 1.29 is 23.1 Å². The van der Waals surface area contributed by atoms with Gasteiger partial charge >= 0.3 is 6.18 Å². The van der Waals surface area contributed by atoms with Gasteiger partial charge in [-0.3, -0.25) is 4.79 Å². The number of halogens is 3. The molecule has 0 unspecified atom stereocenters. The van der Waals surface area contributed by atoms with Gasteiger partial charge in [0.1, 0.15) is 6.04 Å². The Balaban J connectivity index is 2.65. The van der Waals surface area contributed by atoms with Crippen LogP contribution in [0.5, 0.6) is 0 Å². The first-order valence-corrected chi connectivity index (χ1v) is 4.44. The fourth-order valence-electron chi connectivity index (χ4n) is 0.728. The SMILES string of the molecule is O=C(N[C@H](CO)C(F)(F)F)c1cnsn1. The van der Waals surface area contributed by atoms with Crippen LogP contribution in [0.4, 0.5) is 13.2 Å². The summed E-state index contributed by atoms with van der Waals surface area (Å²) in [5.74, 6) is -1.01. The van der Waals surface area contributed by atoms with Crippen LogP contribution in [0, 0.1) is 0 Å². The second-order valence-corrected chi connectivity index (χ2v) is 3.10. The van der Waals surface area contributed by atoms with Gasteiger partial charge in [-0.25, -0.2) is 0 Å². The highest BCUT2D eigenvalue weighted by atomic mass is 32.1. The predicted octanol–water partition coefficient (Wildman–Crippen LogP) is 0.191. The van der Waals surface area contributed by atoms with Crippen LogP contribution in [-0.4, -0.2) is 38.6 Å². The molecular weight excluding hydrogens is 235 g/mol. The zero-order chi connectivity index (χ0) is 11.5. The first kappa shape index (κ1) is 11.9. The topological polar surface area (TPSA) is 75.1 Å². The lowest BCUT2D eigenvalue weighted by Gasteiger charge is -2.18. The molecule has 0 saturated carbocycles. The summed E-state index contributed by atoms with van der Waals surface area (Å²) in [6, 6.07) is -2.29. The number of nitrogens with one attached hydrogen (secondary N) is 1. The summed E-state index contributed by atoms with van der Waals surface area (Å²) in [4.78, 5) is 11.1. The van der Waals surface area contributed by atoms with E-state index in [1.54, 1.807) is 5.32 Å². The minimum Gasteiger partial charge on any atom is -0.394 e. The van der Waals surface area contributed by atoms with E-state index in [9.17, 15) is 18.0 Å². The van der Waals surface area contributed by atoms with Crippen molar-refractivity contribution in [3.63, 3.8) is 0 Å². The van der Waals surface area contributed by atoms with Crippen LogP contribution in [0.15, 0.2) is 6.20 Å². The Bertz CT molecular complexity index is 327. The molecule has 9 heteroatoms. The summed E-state index contributed by atoms with van der Waals surface area (Å²) in [5.41, 5.74) is -0.206. The van der Waals surface area contributed by atoms with Crippen molar-refractivity contribution in [2.45, 2.75) is 12.2 Å². The Kier molecular flexibility index (Phi) is 3.58. The Hall–Kier alpha value is -1.22. The third kappa shape index (κ3) is 3.13. The molecule has 84 valence electrons. The summed E-state index contributed by atoms with van der Waals surface area (Å²) in [6.07, 6.45) is -3.64. The largest absolute Gasteiger partial charge is 0.410 e. The number of carbonyl (C=O) groups is 1. The molecule has 0 saturated heterocycles. The minimum absolute atomic E-state index is 0.206. The summed E-state index contributed by atoms with van der Waals surface area (Å²) >= 11 is 0.706. The van der Waals surface area contributed by atoms with Gasteiger partial charge in [0.05, 0.1) is 24.5 Å². The fourth-order valence-corrected chi connectivity index (χ4v) is 1.14. The molecule has 0 aliphatic rings. The van der Waals surface area contributed by atoms with Crippen LogP contribution in [-0.2, 0) is 0 Å². The van der Waals surface area contributed by atoms with Gasteiger partial charge in [-0.05, 0) is 0 Å². The lowest BCUT2D eigenvalue weighted by atomic mass is 10.3. The molecule has 0 aromatic carbocycles. The highest BCUT2D eigenvalue weighted by Crippen LogP contribution is 2.19. The van der Waals surface area contributed by atoms with Crippen LogP contribution in [0.3, 0.4) is 0 Å². The number of nitrogens with zero attached hydrogens (tertiary/aromatic N) is 2. The average Bonchev–Trinajstić information content (AvgIpc) is 2.64. The van der Waals surface area contributed by atoms with Crippen LogP contribution in [0.25, 0.3) is 0 Å². The number of carbonyl (C=O) groups excluding carboxylic acids is 1. The average molecular weight is 241 g/mol. The first-order chi connectivity index (χ1) is 6.95. The van der Waals surface area contributed by atoms with Gasteiger partial charge < -0.3 is 10.4 Å². The number of rotatable bonds is 3. The van der Waals surface area contributed by atoms with Crippen LogP contribution in [0.2, 0.25) is 0 Å². The number of hydrogen-bond donors (Lipinski definition) is 2. The minimum atomic E-state index is -4.69. The van der Waals surface area contributed by atoms with E-state index in [1.807, 2.05) is 0 Å². The number of aliphatic hydroxyl groups excluding tert-OH is 1. The number of aromatic nitrogens is 2. The molecule has 0 fully saturated rings. The molecule has 15 heavy (non-hydrogen) atoms. The predicted molar refractivity (Wildman–Crippen MR) is 44.3 cm³/mol. The maximum absolute atomic E-state index is 12.1. The Morgan fingerprint density at radius 1 is 1.67 bits per heavy atom. The summed E-state index contributed by atoms with van der Waals surface area (Å²) in [6.45, 7) is -1.22. The van der Waals surface area contributed by atoms with Crippen LogP contribution in [0.1, 0.15) is 10.5 Å². The van der Waals surface area contributed by atoms with Crippen molar-refractivity contribution in [3.8, 4) is 0 Å². The lowest BCUT2D eigenvalue weighted by Crippen LogP contribution is -2.47. The Morgan fingerprint density at radius 3 is 2.73 bits per heavy atom. The Morgan fingerprint density at radius 2 is 2.33 bits per heavy atom. The highest BCUT2D eigenvalue weighted by Gasteiger charge is 2.40. The van der Waals surface area contributed by atoms with E-state index in [0.717, 1.165) is 6.20 Å². The fraction of sp³-hybridized carbons (Fsp3) is 0.500. The molecule has 0 spiro atoms. The summed E-state index contributed by atoms with van der Waals surface area (Å²) in [5, 5.41) is 10.0. The molecule has 1 atom stereocenters. The van der Waals surface area contributed by atoms with Gasteiger partial charge in [0, 0.05) is 0 Å². The quantitative estimate of drug-likeness (QED) is 0.792. The first-order valence-electron chi connectivity index (χ1n) is 3.71. The number of alkyl halides is 3. The monoisotopic (exact) mass is 241 g/mol. The number of hydrogen-bond acceptors (Lipinski definition) is 5. The maximum Gasteiger partial charge on any atom is 0.410 e. The van der Waals surface area contributed by atoms with E-state index in [0.29, 0.717) is 11.7 Å². The van der Waals surface area contributed by atoms with E-state index in [2.05, 4.69) is 8.75 Å². The normalized spacial score (nSPS) is 13.6. The molecule has 1 aromatic heterocycles. The molecule has 1 aromatic rings. The second kappa shape index (κ2) is 4.53. The molecule has 0 aliphatic heterocycles. The van der Waals surface area contributed by atoms with E-state index in [-0.39, 0.29) is 5.69 Å². The van der Waals surface area contributed by atoms with E-state index in [1.165, 1.54) is 0 Å². The number of amides is 1. The van der Waals surface area contributed by atoms with E-state index < -0.39 is 24.7 Å². The zero-order valence-corrected chi connectivity index (χ0v) is 7.97. The van der Waals surface area contributed by atoms with Crippen molar-refractivity contribution in [3.05, 3.63) is 11.9 Å². The standard InChI is InChI=1S/C6H6F3N3O2S/c7-6(8,9)4(2-13)11-5(14)3-1-10-15-12-3/h1,4,13H,2H2,(H,11,14)/t4-/m1/s1. The number of aliphatic hydroxyl groups is 1. The van der Waals surface area contributed by atoms with E-state index in [4.69, 9.17) is 5.11 Å². The summed E-state index contributed by atoms with van der Waals surface area (Å²) < 4.78 is 43.3. The van der Waals surface area contributed by atoms with Crippen molar-refractivity contribution in [2.75, 3.05) is 6.61 Å². The smallest absolute Gasteiger partial charge is 0.394 e.